The molecule has 15 nitrogen and oxygen atoms in total. The molecule has 3 N–H and O–H groups in total. The quantitative estimate of drug-likeness (QED) is 0.167. The first-order valence-electron chi connectivity index (χ1n) is 23.0. The highest BCUT2D eigenvalue weighted by Crippen LogP contribution is 2.52. The Bertz CT molecular complexity index is 2470. The Kier molecular flexibility index (Phi) is 12.9. The number of carbonyl (C=O) groups is 4. The summed E-state index contributed by atoms with van der Waals surface area (Å²) in [4.78, 5) is 70.1. The maximum Gasteiger partial charge on any atom is 0.408 e. The largest absolute Gasteiger partial charge is 0.488 e. The Morgan fingerprint density at radius 3 is 1.74 bits per heavy atom. The lowest BCUT2D eigenvalue weighted by Crippen LogP contribution is -2.54. The van der Waals surface area contributed by atoms with Crippen LogP contribution in [-0.4, -0.2) is 91.9 Å². The van der Waals surface area contributed by atoms with Gasteiger partial charge in [-0.25, -0.2) is 19.6 Å². The molecule has 8 rings (SSSR count). The molecule has 3 aromatic rings. The highest BCUT2D eigenvalue weighted by molar-refractivity contribution is 6.35. The lowest BCUT2D eigenvalue weighted by atomic mass is 9.86. The zero-order valence-corrected chi connectivity index (χ0v) is 41.0. The molecule has 2 aromatic carbocycles. The second-order valence-corrected chi connectivity index (χ2v) is 21.3. The van der Waals surface area contributed by atoms with Crippen LogP contribution in [0.25, 0.3) is 28.0 Å². The van der Waals surface area contributed by atoms with Gasteiger partial charge in [-0.1, -0.05) is 50.9 Å². The van der Waals surface area contributed by atoms with Crippen LogP contribution in [0.1, 0.15) is 130 Å². The smallest absolute Gasteiger partial charge is 0.408 e. The number of alkyl carbamates (subject to hydrolysis) is 2. The Labute approximate surface area is 396 Å². The number of allylic oxidation sites excluding steroid dienone is 1. The molecule has 0 unspecified atom stereocenters. The van der Waals surface area contributed by atoms with Gasteiger partial charge in [-0.2, -0.15) is 0 Å². The van der Waals surface area contributed by atoms with E-state index in [1.807, 2.05) is 50.8 Å². The number of benzene rings is 2. The minimum absolute atomic E-state index is 0.162. The number of likely N-dealkylation sites (tertiary alicyclic amines) is 2. The normalized spacial score (nSPS) is 19.9. The predicted octanol–water partition coefficient (Wildman–Crippen LogP) is 9.69. The molecular weight excluding hydrogens is 885 g/mol. The van der Waals surface area contributed by atoms with Crippen LogP contribution >= 0.6 is 23.2 Å². The monoisotopic (exact) mass is 945 g/mol. The molecule has 0 saturated carbocycles. The number of rotatable bonds is 10. The molecule has 0 aliphatic carbocycles. The molecule has 5 aliphatic heterocycles. The highest BCUT2D eigenvalue weighted by atomic mass is 35.5. The van der Waals surface area contributed by atoms with E-state index in [1.165, 1.54) is 0 Å². The van der Waals surface area contributed by atoms with Gasteiger partial charge in [0.2, 0.25) is 11.8 Å². The van der Waals surface area contributed by atoms with Crippen LogP contribution in [-0.2, 0) is 32.3 Å². The van der Waals surface area contributed by atoms with Gasteiger partial charge in [0.25, 0.3) is 0 Å². The van der Waals surface area contributed by atoms with E-state index >= 15 is 0 Å². The van der Waals surface area contributed by atoms with E-state index in [1.54, 1.807) is 46.4 Å². The number of aliphatic imine (C=N–C) groups is 1. The van der Waals surface area contributed by atoms with Gasteiger partial charge in [0.1, 0.15) is 69.8 Å². The van der Waals surface area contributed by atoms with E-state index in [2.05, 4.69) is 21.7 Å². The molecule has 5 aliphatic rings. The van der Waals surface area contributed by atoms with E-state index in [-0.39, 0.29) is 48.9 Å². The number of ether oxygens (including phenoxy) is 4. The van der Waals surface area contributed by atoms with Gasteiger partial charge in [-0.15, -0.1) is 0 Å². The van der Waals surface area contributed by atoms with Crippen molar-refractivity contribution in [1.29, 1.82) is 0 Å². The van der Waals surface area contributed by atoms with Gasteiger partial charge in [0, 0.05) is 58.6 Å². The summed E-state index contributed by atoms with van der Waals surface area (Å²) < 4.78 is 23.9. The van der Waals surface area contributed by atoms with Crippen LogP contribution in [0.4, 0.5) is 9.59 Å². The number of amides is 4. The molecule has 2 saturated heterocycles. The third kappa shape index (κ3) is 9.60. The number of imidazole rings is 1. The summed E-state index contributed by atoms with van der Waals surface area (Å²) >= 11 is 13.8. The average molecular weight is 947 g/mol. The molecule has 4 atom stereocenters. The zero-order chi connectivity index (χ0) is 47.6. The SMILES string of the molecule is CC(C)[C@H](NC(=O)OC(C)(C)C)C(=O)N1CCC[C@H]1C1=NC(Cl)=C(c2cc3c4c(c2)OCc2cc(-c5nc([C@@H]6CCCN6C(=O)[C@@H](NC(=O)OC(C)(C)C)C(C)C)[nH]c5Cl)cc(c2-4)OC3)C1. The lowest BCUT2D eigenvalue weighted by Gasteiger charge is -2.32. The summed E-state index contributed by atoms with van der Waals surface area (Å²) in [6, 6.07) is 5.91. The molecule has 1 aromatic heterocycles. The maximum atomic E-state index is 14.0. The van der Waals surface area contributed by atoms with Crippen molar-refractivity contribution in [3.8, 4) is 33.9 Å². The van der Waals surface area contributed by atoms with Crippen LogP contribution < -0.4 is 20.1 Å². The molecule has 354 valence electrons. The molecule has 0 radical (unpaired) electrons. The van der Waals surface area contributed by atoms with Crippen molar-refractivity contribution in [1.82, 2.24) is 30.4 Å². The predicted molar refractivity (Wildman–Crippen MR) is 252 cm³/mol. The number of halogens is 2. The topological polar surface area (TPSA) is 177 Å². The van der Waals surface area contributed by atoms with Crippen molar-refractivity contribution in [3.05, 3.63) is 57.1 Å². The van der Waals surface area contributed by atoms with Gasteiger partial charge < -0.3 is 44.4 Å². The van der Waals surface area contributed by atoms with Crippen LogP contribution in [0.3, 0.4) is 0 Å². The Morgan fingerprint density at radius 2 is 1.23 bits per heavy atom. The maximum absolute atomic E-state index is 14.0. The van der Waals surface area contributed by atoms with Crippen molar-refractivity contribution in [2.75, 3.05) is 13.1 Å². The van der Waals surface area contributed by atoms with E-state index < -0.39 is 35.5 Å². The minimum atomic E-state index is -0.780. The summed E-state index contributed by atoms with van der Waals surface area (Å²) in [5, 5.41) is 6.32. The standard InChI is InChI=1S/C49H61Cl2N7O8/c1-24(2)38(54-46(61)65-48(5,6)7)44(59)57-15-11-13-32(57)31-21-30(41(50)52-31)26-17-28-22-64-35-20-27(18-29-23-63-34(19-26)36(28)37(29)35)40-42(51)56-43(53-40)33-14-12-16-58(33)45(60)39(25(3)4)55-47(62)66-49(8,9)10/h17-20,24-25,32-33,38-39H,11-16,21-23H2,1-10H3,(H,53,56)(H,54,61)(H,55,62)/t32-,33-,38-,39-/m0/s1. The highest BCUT2D eigenvalue weighted by Gasteiger charge is 2.42. The van der Waals surface area contributed by atoms with Crippen LogP contribution in [0.2, 0.25) is 5.15 Å². The van der Waals surface area contributed by atoms with Gasteiger partial charge in [0.15, 0.2) is 0 Å². The number of aromatic nitrogens is 2. The molecular formula is C49H61Cl2N7O8. The fraction of sp³-hybridized carbons (Fsp3) is 0.551. The second-order valence-electron chi connectivity index (χ2n) is 20.5. The Morgan fingerprint density at radius 1 is 0.742 bits per heavy atom. The molecule has 17 heteroatoms. The molecule has 2 fully saturated rings. The molecule has 66 heavy (non-hydrogen) atoms. The fourth-order valence-electron chi connectivity index (χ4n) is 9.56. The fourth-order valence-corrected chi connectivity index (χ4v) is 10.1. The number of nitrogens with one attached hydrogen (secondary N) is 3. The lowest BCUT2D eigenvalue weighted by molar-refractivity contribution is -0.136. The Hall–Kier alpha value is -5.28. The number of hydrogen-bond acceptors (Lipinski definition) is 10. The molecule has 6 heterocycles. The molecule has 0 spiro atoms. The van der Waals surface area contributed by atoms with Gasteiger partial charge in [-0.3, -0.25) is 9.59 Å². The average Bonchev–Trinajstić information content (AvgIpc) is 4.05. The number of H-pyrrole nitrogens is 1. The summed E-state index contributed by atoms with van der Waals surface area (Å²) in [7, 11) is 0. The van der Waals surface area contributed by atoms with Crippen LogP contribution in [0.5, 0.6) is 11.5 Å². The third-order valence-electron chi connectivity index (χ3n) is 12.5. The van der Waals surface area contributed by atoms with Crippen molar-refractivity contribution in [2.45, 2.75) is 150 Å². The summed E-state index contributed by atoms with van der Waals surface area (Å²) in [6.07, 6.45) is 2.20. The summed E-state index contributed by atoms with van der Waals surface area (Å²) in [5.41, 5.74) is 6.20. The first-order chi connectivity index (χ1) is 31.1. The Balaban J connectivity index is 0.989. The van der Waals surface area contributed by atoms with Gasteiger partial charge in [-0.05, 0) is 109 Å². The number of hydrogen-bond donors (Lipinski definition) is 3. The van der Waals surface area contributed by atoms with E-state index in [0.29, 0.717) is 53.5 Å². The summed E-state index contributed by atoms with van der Waals surface area (Å²) in [5.74, 6) is 1.26. The van der Waals surface area contributed by atoms with Gasteiger partial charge >= 0.3 is 12.2 Å². The summed E-state index contributed by atoms with van der Waals surface area (Å²) in [6.45, 7) is 19.9. The van der Waals surface area contributed by atoms with Crippen molar-refractivity contribution < 1.29 is 38.1 Å². The van der Waals surface area contributed by atoms with E-state index in [0.717, 1.165) is 69.7 Å². The van der Waals surface area contributed by atoms with E-state index in [4.69, 9.17) is 52.1 Å². The first-order valence-corrected chi connectivity index (χ1v) is 23.7. The van der Waals surface area contributed by atoms with Crippen LogP contribution in [0.15, 0.2) is 34.4 Å². The van der Waals surface area contributed by atoms with Crippen LogP contribution in [0, 0.1) is 11.8 Å². The number of carbonyl (C=O) groups excluding carboxylic acids is 4. The van der Waals surface area contributed by atoms with E-state index in [9.17, 15) is 19.2 Å². The van der Waals surface area contributed by atoms with Gasteiger partial charge in [0.05, 0.1) is 12.1 Å². The third-order valence-corrected chi connectivity index (χ3v) is 13.1. The second kappa shape index (κ2) is 18.1. The number of nitrogens with zero attached hydrogens (tertiary/aromatic N) is 4. The van der Waals surface area contributed by atoms with Crippen molar-refractivity contribution in [3.63, 3.8) is 0 Å². The number of aromatic amines is 1. The minimum Gasteiger partial charge on any atom is -0.488 e. The molecule has 0 bridgehead atoms. The molecule has 4 amide bonds. The zero-order valence-electron chi connectivity index (χ0n) is 39.4. The first kappa shape index (κ1) is 47.2. The van der Waals surface area contributed by atoms with Crippen molar-refractivity contribution in [2.24, 2.45) is 16.8 Å². The van der Waals surface area contributed by atoms with Crippen molar-refractivity contribution >= 4 is 58.5 Å².